The first kappa shape index (κ1) is 20.0. The van der Waals surface area contributed by atoms with Gasteiger partial charge in [0, 0.05) is 6.42 Å². The maximum Gasteiger partial charge on any atom is 0.305 e. The molecule has 0 rings (SSSR count). The van der Waals surface area contributed by atoms with E-state index in [1.54, 1.807) is 0 Å². The molecular formula is C14H30ClNO2. The summed E-state index contributed by atoms with van der Waals surface area (Å²) in [6.07, 6.45) is 11.3. The van der Waals surface area contributed by atoms with Gasteiger partial charge in [-0.25, -0.2) is 0 Å². The van der Waals surface area contributed by atoms with Crippen LogP contribution in [0.15, 0.2) is 0 Å². The molecule has 0 atom stereocenters. The average molecular weight is 280 g/mol. The minimum absolute atomic E-state index is 0. The lowest BCUT2D eigenvalue weighted by molar-refractivity contribution is -0.143. The normalized spacial score (nSPS) is 9.89. The van der Waals surface area contributed by atoms with Crippen LogP contribution in [-0.2, 0) is 9.53 Å². The number of hydrogen-bond acceptors (Lipinski definition) is 3. The van der Waals surface area contributed by atoms with Gasteiger partial charge in [-0.2, -0.15) is 0 Å². The molecule has 2 N–H and O–H groups in total. The molecule has 0 aliphatic rings. The van der Waals surface area contributed by atoms with E-state index >= 15 is 0 Å². The second-order valence-electron chi connectivity index (χ2n) is 4.59. The summed E-state index contributed by atoms with van der Waals surface area (Å²) in [6, 6.07) is 0. The molecule has 0 aromatic heterocycles. The highest BCUT2D eigenvalue weighted by Crippen LogP contribution is 2.08. The Hall–Kier alpha value is -0.280. The second kappa shape index (κ2) is 16.7. The number of nitrogens with two attached hydrogens (primary N) is 1. The van der Waals surface area contributed by atoms with Crippen LogP contribution in [0.4, 0.5) is 0 Å². The van der Waals surface area contributed by atoms with E-state index in [1.807, 2.05) is 0 Å². The van der Waals surface area contributed by atoms with Crippen molar-refractivity contribution in [2.45, 2.75) is 71.1 Å². The fourth-order valence-corrected chi connectivity index (χ4v) is 1.74. The van der Waals surface area contributed by atoms with Gasteiger partial charge in [-0.1, -0.05) is 51.9 Å². The van der Waals surface area contributed by atoms with Crippen LogP contribution in [0, 0.1) is 0 Å². The molecule has 18 heavy (non-hydrogen) atoms. The maximum atomic E-state index is 11.1. The van der Waals surface area contributed by atoms with E-state index in [0.29, 0.717) is 19.6 Å². The van der Waals surface area contributed by atoms with Gasteiger partial charge < -0.3 is 10.5 Å². The fourth-order valence-electron chi connectivity index (χ4n) is 1.74. The largest absolute Gasteiger partial charge is 0.466 e. The minimum atomic E-state index is -0.0987. The first-order chi connectivity index (χ1) is 8.31. The van der Waals surface area contributed by atoms with Crippen LogP contribution >= 0.6 is 12.4 Å². The molecule has 0 fully saturated rings. The topological polar surface area (TPSA) is 52.3 Å². The number of hydrogen-bond donors (Lipinski definition) is 1. The third-order valence-electron chi connectivity index (χ3n) is 2.85. The van der Waals surface area contributed by atoms with E-state index in [-0.39, 0.29) is 18.4 Å². The van der Waals surface area contributed by atoms with Gasteiger partial charge in [0.05, 0.1) is 6.61 Å². The van der Waals surface area contributed by atoms with Gasteiger partial charge >= 0.3 is 5.97 Å². The van der Waals surface area contributed by atoms with Crippen LogP contribution in [0.25, 0.3) is 0 Å². The lowest BCUT2D eigenvalue weighted by Gasteiger charge is -2.04. The Labute approximate surface area is 118 Å². The zero-order valence-corrected chi connectivity index (χ0v) is 12.6. The molecule has 0 aromatic carbocycles. The number of halogens is 1. The van der Waals surface area contributed by atoms with Crippen LogP contribution in [0.2, 0.25) is 0 Å². The zero-order valence-electron chi connectivity index (χ0n) is 11.8. The van der Waals surface area contributed by atoms with E-state index < -0.39 is 0 Å². The van der Waals surface area contributed by atoms with E-state index in [0.717, 1.165) is 12.8 Å². The highest BCUT2D eigenvalue weighted by Gasteiger charge is 2.00. The SMILES string of the molecule is CCCCCCCCCCOC(=O)CCCN.Cl. The maximum absolute atomic E-state index is 11.1. The van der Waals surface area contributed by atoms with E-state index in [1.165, 1.54) is 44.9 Å². The summed E-state index contributed by atoms with van der Waals surface area (Å²) < 4.78 is 5.09. The smallest absolute Gasteiger partial charge is 0.305 e. The molecule has 110 valence electrons. The molecule has 0 saturated carbocycles. The number of carbonyl (C=O) groups excluding carboxylic acids is 1. The fraction of sp³-hybridized carbons (Fsp3) is 0.929. The van der Waals surface area contributed by atoms with Crippen molar-refractivity contribution in [3.63, 3.8) is 0 Å². The van der Waals surface area contributed by atoms with Crippen molar-refractivity contribution in [1.29, 1.82) is 0 Å². The average Bonchev–Trinajstić information content (AvgIpc) is 2.34. The summed E-state index contributed by atoms with van der Waals surface area (Å²) in [4.78, 5) is 11.1. The molecule has 0 aliphatic carbocycles. The Morgan fingerprint density at radius 1 is 0.944 bits per heavy atom. The molecule has 0 spiro atoms. The van der Waals surface area contributed by atoms with Crippen LogP contribution < -0.4 is 5.73 Å². The van der Waals surface area contributed by atoms with Crippen molar-refractivity contribution in [2.75, 3.05) is 13.2 Å². The number of rotatable bonds is 12. The van der Waals surface area contributed by atoms with Gasteiger partial charge in [-0.05, 0) is 19.4 Å². The predicted octanol–water partition coefficient (Wildman–Crippen LogP) is 3.83. The summed E-state index contributed by atoms with van der Waals surface area (Å²) in [7, 11) is 0. The van der Waals surface area contributed by atoms with Gasteiger partial charge in [0.15, 0.2) is 0 Å². The van der Waals surface area contributed by atoms with Gasteiger partial charge in [-0.3, -0.25) is 4.79 Å². The molecule has 0 bridgehead atoms. The van der Waals surface area contributed by atoms with E-state index in [2.05, 4.69) is 6.92 Å². The van der Waals surface area contributed by atoms with Crippen LogP contribution in [-0.4, -0.2) is 19.1 Å². The molecule has 0 amide bonds. The van der Waals surface area contributed by atoms with Crippen molar-refractivity contribution in [1.82, 2.24) is 0 Å². The minimum Gasteiger partial charge on any atom is -0.466 e. The van der Waals surface area contributed by atoms with Crippen molar-refractivity contribution in [3.8, 4) is 0 Å². The lowest BCUT2D eigenvalue weighted by Crippen LogP contribution is -2.08. The predicted molar refractivity (Wildman–Crippen MR) is 79.1 cm³/mol. The van der Waals surface area contributed by atoms with E-state index in [4.69, 9.17) is 10.5 Å². The van der Waals surface area contributed by atoms with Crippen LogP contribution in [0.3, 0.4) is 0 Å². The Morgan fingerprint density at radius 3 is 2.06 bits per heavy atom. The molecule has 0 unspecified atom stereocenters. The lowest BCUT2D eigenvalue weighted by atomic mass is 10.1. The molecular weight excluding hydrogens is 250 g/mol. The van der Waals surface area contributed by atoms with Gasteiger partial charge in [0.25, 0.3) is 0 Å². The number of ether oxygens (including phenoxy) is 1. The van der Waals surface area contributed by atoms with Crippen LogP contribution in [0.5, 0.6) is 0 Å². The monoisotopic (exact) mass is 279 g/mol. The third kappa shape index (κ3) is 15.7. The van der Waals surface area contributed by atoms with Gasteiger partial charge in [0.1, 0.15) is 0 Å². The number of unbranched alkanes of at least 4 members (excludes halogenated alkanes) is 7. The number of carbonyl (C=O) groups is 1. The molecule has 0 heterocycles. The first-order valence-electron chi connectivity index (χ1n) is 7.17. The Bertz CT molecular complexity index is 177. The summed E-state index contributed by atoms with van der Waals surface area (Å²) in [6.45, 7) is 3.38. The summed E-state index contributed by atoms with van der Waals surface area (Å²) in [5.41, 5.74) is 5.31. The Balaban J connectivity index is 0. The first-order valence-corrected chi connectivity index (χ1v) is 7.17. The molecule has 0 saturated heterocycles. The van der Waals surface area contributed by atoms with Crippen molar-refractivity contribution in [2.24, 2.45) is 5.73 Å². The molecule has 0 radical (unpaired) electrons. The van der Waals surface area contributed by atoms with Crippen molar-refractivity contribution < 1.29 is 9.53 Å². The van der Waals surface area contributed by atoms with Crippen LogP contribution in [0.1, 0.15) is 71.1 Å². The standard InChI is InChI=1S/C14H29NO2.ClH/c1-2-3-4-5-6-7-8-9-13-17-14(16)11-10-12-15;/h2-13,15H2,1H3;1H. The number of esters is 1. The molecule has 3 nitrogen and oxygen atoms in total. The highest BCUT2D eigenvalue weighted by atomic mass is 35.5. The quantitative estimate of drug-likeness (QED) is 0.436. The summed E-state index contributed by atoms with van der Waals surface area (Å²) in [5.74, 6) is -0.0987. The summed E-state index contributed by atoms with van der Waals surface area (Å²) in [5, 5.41) is 0. The second-order valence-corrected chi connectivity index (χ2v) is 4.59. The van der Waals surface area contributed by atoms with E-state index in [9.17, 15) is 4.79 Å². The molecule has 0 aromatic rings. The highest BCUT2D eigenvalue weighted by molar-refractivity contribution is 5.85. The molecule has 0 aliphatic heterocycles. The third-order valence-corrected chi connectivity index (χ3v) is 2.85. The van der Waals surface area contributed by atoms with Crippen molar-refractivity contribution in [3.05, 3.63) is 0 Å². The summed E-state index contributed by atoms with van der Waals surface area (Å²) >= 11 is 0. The molecule has 4 heteroatoms. The van der Waals surface area contributed by atoms with Crippen molar-refractivity contribution >= 4 is 18.4 Å². The van der Waals surface area contributed by atoms with Gasteiger partial charge in [-0.15, -0.1) is 12.4 Å². The Morgan fingerprint density at radius 2 is 1.50 bits per heavy atom. The zero-order chi connectivity index (χ0) is 12.8. The van der Waals surface area contributed by atoms with Gasteiger partial charge in [0.2, 0.25) is 0 Å². The Kier molecular flexibility index (Phi) is 18.6.